The summed E-state index contributed by atoms with van der Waals surface area (Å²) in [4.78, 5) is 0. The van der Waals surface area contributed by atoms with Crippen LogP contribution in [0.1, 0.15) is 43.0 Å². The monoisotopic (exact) mass is 283 g/mol. The molecule has 0 saturated heterocycles. The minimum Gasteiger partial charge on any atom is -0.496 e. The van der Waals surface area contributed by atoms with Gasteiger partial charge in [0.1, 0.15) is 5.75 Å². The minimum absolute atomic E-state index is 0.174. The molecule has 0 radical (unpaired) electrons. The summed E-state index contributed by atoms with van der Waals surface area (Å²) in [7, 11) is 1.73. The van der Waals surface area contributed by atoms with Gasteiger partial charge in [0.05, 0.1) is 13.2 Å². The second-order valence-corrected chi connectivity index (χ2v) is 5.23. The molecular weight excluding hydrogens is 258 g/mol. The van der Waals surface area contributed by atoms with E-state index in [1.165, 1.54) is 16.7 Å². The predicted molar refractivity (Wildman–Crippen MR) is 89.0 cm³/mol. The predicted octanol–water partition coefficient (Wildman–Crippen LogP) is 4.35. The van der Waals surface area contributed by atoms with E-state index in [2.05, 4.69) is 55.6 Å². The maximum absolute atomic E-state index is 5.54. The van der Waals surface area contributed by atoms with Gasteiger partial charge in [0.25, 0.3) is 0 Å². The van der Waals surface area contributed by atoms with Crippen molar-refractivity contribution in [3.8, 4) is 5.75 Å². The Morgan fingerprint density at radius 3 is 2.57 bits per heavy atom. The van der Waals surface area contributed by atoms with Gasteiger partial charge in [0, 0.05) is 5.56 Å². The van der Waals surface area contributed by atoms with E-state index in [0.29, 0.717) is 0 Å². The van der Waals surface area contributed by atoms with Crippen LogP contribution in [0, 0.1) is 0 Å². The molecule has 21 heavy (non-hydrogen) atoms. The van der Waals surface area contributed by atoms with E-state index in [0.717, 1.165) is 25.1 Å². The Labute approximate surface area is 128 Å². The summed E-state index contributed by atoms with van der Waals surface area (Å²) in [6, 6.07) is 17.2. The second kappa shape index (κ2) is 7.84. The fourth-order valence-corrected chi connectivity index (χ4v) is 2.59. The molecule has 2 heteroatoms. The van der Waals surface area contributed by atoms with Gasteiger partial charge in [0.15, 0.2) is 0 Å². The molecule has 1 atom stereocenters. The van der Waals surface area contributed by atoms with E-state index in [4.69, 9.17) is 4.74 Å². The Hall–Kier alpha value is -1.80. The molecule has 0 amide bonds. The SMILES string of the molecule is CCCNC(c1cccc(CC)c1)c1ccccc1OC. The zero-order valence-corrected chi connectivity index (χ0v) is 13.2. The number of hydrogen-bond acceptors (Lipinski definition) is 2. The first kappa shape index (κ1) is 15.6. The van der Waals surface area contributed by atoms with Gasteiger partial charge in [-0.3, -0.25) is 0 Å². The molecule has 2 rings (SSSR count). The topological polar surface area (TPSA) is 21.3 Å². The van der Waals surface area contributed by atoms with Gasteiger partial charge >= 0.3 is 0 Å². The zero-order valence-electron chi connectivity index (χ0n) is 13.2. The lowest BCUT2D eigenvalue weighted by Crippen LogP contribution is -2.23. The number of rotatable bonds is 7. The summed E-state index contributed by atoms with van der Waals surface area (Å²) in [6.45, 7) is 5.37. The summed E-state index contributed by atoms with van der Waals surface area (Å²) >= 11 is 0. The van der Waals surface area contributed by atoms with Crippen LogP contribution in [0.2, 0.25) is 0 Å². The lowest BCUT2D eigenvalue weighted by atomic mass is 9.95. The molecule has 0 bridgehead atoms. The van der Waals surface area contributed by atoms with Crippen molar-refractivity contribution in [3.63, 3.8) is 0 Å². The standard InChI is InChI=1S/C19H25NO/c1-4-13-20-19(16-10-8-9-15(5-2)14-16)17-11-6-7-12-18(17)21-3/h6-12,14,19-20H,4-5,13H2,1-3H3. The molecular formula is C19H25NO. The van der Waals surface area contributed by atoms with Crippen LogP contribution >= 0.6 is 0 Å². The van der Waals surface area contributed by atoms with Crippen LogP contribution in [0.5, 0.6) is 5.75 Å². The highest BCUT2D eigenvalue weighted by atomic mass is 16.5. The Morgan fingerprint density at radius 1 is 1.05 bits per heavy atom. The van der Waals surface area contributed by atoms with Gasteiger partial charge in [-0.15, -0.1) is 0 Å². The van der Waals surface area contributed by atoms with E-state index in [1.807, 2.05) is 12.1 Å². The molecule has 0 saturated carbocycles. The Bertz CT molecular complexity index is 565. The van der Waals surface area contributed by atoms with Crippen LogP contribution in [0.4, 0.5) is 0 Å². The quantitative estimate of drug-likeness (QED) is 0.816. The molecule has 0 aromatic heterocycles. The fourth-order valence-electron chi connectivity index (χ4n) is 2.59. The number of methoxy groups -OCH3 is 1. The lowest BCUT2D eigenvalue weighted by Gasteiger charge is -2.22. The van der Waals surface area contributed by atoms with Crippen molar-refractivity contribution < 1.29 is 4.74 Å². The van der Waals surface area contributed by atoms with Crippen molar-refractivity contribution in [2.45, 2.75) is 32.7 Å². The van der Waals surface area contributed by atoms with Gasteiger partial charge < -0.3 is 10.1 Å². The maximum Gasteiger partial charge on any atom is 0.123 e. The van der Waals surface area contributed by atoms with Crippen molar-refractivity contribution in [2.75, 3.05) is 13.7 Å². The van der Waals surface area contributed by atoms with E-state index in [-0.39, 0.29) is 6.04 Å². The lowest BCUT2D eigenvalue weighted by molar-refractivity contribution is 0.404. The van der Waals surface area contributed by atoms with E-state index in [9.17, 15) is 0 Å². The first-order valence-electron chi connectivity index (χ1n) is 7.75. The smallest absolute Gasteiger partial charge is 0.123 e. The molecule has 1 N–H and O–H groups in total. The molecule has 0 heterocycles. The molecule has 0 spiro atoms. The van der Waals surface area contributed by atoms with E-state index >= 15 is 0 Å². The molecule has 0 aliphatic carbocycles. The number of ether oxygens (including phenoxy) is 1. The number of hydrogen-bond donors (Lipinski definition) is 1. The molecule has 0 aliphatic rings. The molecule has 112 valence electrons. The van der Waals surface area contributed by atoms with Gasteiger partial charge in [-0.05, 0) is 36.6 Å². The van der Waals surface area contributed by atoms with E-state index in [1.54, 1.807) is 7.11 Å². The summed E-state index contributed by atoms with van der Waals surface area (Å²) < 4.78 is 5.54. The van der Waals surface area contributed by atoms with Gasteiger partial charge in [-0.2, -0.15) is 0 Å². The minimum atomic E-state index is 0.174. The van der Waals surface area contributed by atoms with Crippen molar-refractivity contribution >= 4 is 0 Å². The van der Waals surface area contributed by atoms with Crippen LogP contribution in [0.25, 0.3) is 0 Å². The maximum atomic E-state index is 5.54. The summed E-state index contributed by atoms with van der Waals surface area (Å²) in [5.41, 5.74) is 3.86. The average molecular weight is 283 g/mol. The highest BCUT2D eigenvalue weighted by molar-refractivity contribution is 5.42. The largest absolute Gasteiger partial charge is 0.496 e. The first-order chi connectivity index (χ1) is 10.3. The van der Waals surface area contributed by atoms with Crippen LogP contribution in [-0.4, -0.2) is 13.7 Å². The van der Waals surface area contributed by atoms with Crippen molar-refractivity contribution in [3.05, 3.63) is 65.2 Å². The third kappa shape index (κ3) is 3.85. The summed E-state index contributed by atoms with van der Waals surface area (Å²) in [5.74, 6) is 0.938. The number of aryl methyl sites for hydroxylation is 1. The zero-order chi connectivity index (χ0) is 15.1. The third-order valence-corrected chi connectivity index (χ3v) is 3.74. The summed E-state index contributed by atoms with van der Waals surface area (Å²) in [5, 5.41) is 3.65. The van der Waals surface area contributed by atoms with Crippen LogP contribution < -0.4 is 10.1 Å². The molecule has 0 fully saturated rings. The number of para-hydroxylation sites is 1. The van der Waals surface area contributed by atoms with E-state index < -0.39 is 0 Å². The average Bonchev–Trinajstić information content (AvgIpc) is 2.56. The fraction of sp³-hybridized carbons (Fsp3) is 0.368. The van der Waals surface area contributed by atoms with Crippen LogP contribution in [-0.2, 0) is 6.42 Å². The first-order valence-corrected chi connectivity index (χ1v) is 7.75. The van der Waals surface area contributed by atoms with Crippen molar-refractivity contribution in [2.24, 2.45) is 0 Å². The Kier molecular flexibility index (Phi) is 5.82. The van der Waals surface area contributed by atoms with Crippen molar-refractivity contribution in [1.29, 1.82) is 0 Å². The number of nitrogens with one attached hydrogen (secondary N) is 1. The Balaban J connectivity index is 2.41. The molecule has 2 aromatic rings. The molecule has 0 aliphatic heterocycles. The number of benzene rings is 2. The highest BCUT2D eigenvalue weighted by Crippen LogP contribution is 2.30. The molecule has 2 aromatic carbocycles. The molecule has 1 unspecified atom stereocenters. The van der Waals surface area contributed by atoms with Gasteiger partial charge in [-0.25, -0.2) is 0 Å². The van der Waals surface area contributed by atoms with Crippen LogP contribution in [0.15, 0.2) is 48.5 Å². The van der Waals surface area contributed by atoms with Crippen molar-refractivity contribution in [1.82, 2.24) is 5.32 Å². The van der Waals surface area contributed by atoms with Crippen LogP contribution in [0.3, 0.4) is 0 Å². The molecule has 2 nitrogen and oxygen atoms in total. The van der Waals surface area contributed by atoms with Gasteiger partial charge in [0.2, 0.25) is 0 Å². The highest BCUT2D eigenvalue weighted by Gasteiger charge is 2.17. The van der Waals surface area contributed by atoms with Gasteiger partial charge in [-0.1, -0.05) is 56.3 Å². The second-order valence-electron chi connectivity index (χ2n) is 5.23. The third-order valence-electron chi connectivity index (χ3n) is 3.74. The normalized spacial score (nSPS) is 12.1. The Morgan fingerprint density at radius 2 is 1.86 bits per heavy atom. The summed E-state index contributed by atoms with van der Waals surface area (Å²) in [6.07, 6.45) is 2.17.